The molecular weight excluding hydrogens is 299 g/mol. The Bertz CT molecular complexity index is 557. The van der Waals surface area contributed by atoms with Gasteiger partial charge in [-0.2, -0.15) is 5.10 Å². The van der Waals surface area contributed by atoms with E-state index in [4.69, 9.17) is 22.1 Å². The van der Waals surface area contributed by atoms with Gasteiger partial charge in [-0.3, -0.25) is 0 Å². The Hall–Kier alpha value is -1.30. The summed E-state index contributed by atoms with van der Waals surface area (Å²) in [4.78, 5) is 4.39. The van der Waals surface area contributed by atoms with Gasteiger partial charge in [-0.1, -0.05) is 17.7 Å². The summed E-state index contributed by atoms with van der Waals surface area (Å²) in [6.45, 7) is 4.92. The Morgan fingerprint density at radius 1 is 1.45 bits per heavy atom. The molecule has 110 valence electrons. The SMILES string of the molecule is CCn1nc(COc2cccc(Cl)c2)nc1[C@@H](C)N.Cl. The van der Waals surface area contributed by atoms with Gasteiger partial charge in [0.1, 0.15) is 18.2 Å². The summed E-state index contributed by atoms with van der Waals surface area (Å²) in [5.74, 6) is 2.09. The van der Waals surface area contributed by atoms with Gasteiger partial charge in [0.25, 0.3) is 0 Å². The lowest BCUT2D eigenvalue weighted by atomic mass is 10.3. The van der Waals surface area contributed by atoms with Gasteiger partial charge in [0.05, 0.1) is 6.04 Å². The highest BCUT2D eigenvalue weighted by molar-refractivity contribution is 6.30. The Morgan fingerprint density at radius 2 is 2.20 bits per heavy atom. The maximum absolute atomic E-state index is 5.89. The Labute approximate surface area is 129 Å². The molecule has 0 aliphatic carbocycles. The minimum Gasteiger partial charge on any atom is -0.485 e. The Balaban J connectivity index is 0.00000200. The van der Waals surface area contributed by atoms with Gasteiger partial charge in [-0.05, 0) is 32.0 Å². The molecule has 0 saturated carbocycles. The molecule has 0 saturated heterocycles. The molecule has 20 heavy (non-hydrogen) atoms. The fourth-order valence-electron chi connectivity index (χ4n) is 1.74. The van der Waals surface area contributed by atoms with E-state index in [2.05, 4.69) is 10.1 Å². The highest BCUT2D eigenvalue weighted by Crippen LogP contribution is 2.18. The zero-order chi connectivity index (χ0) is 13.8. The zero-order valence-corrected chi connectivity index (χ0v) is 13.0. The number of benzene rings is 1. The topological polar surface area (TPSA) is 66.0 Å². The number of hydrogen-bond donors (Lipinski definition) is 1. The number of aryl methyl sites for hydroxylation is 1. The van der Waals surface area contributed by atoms with E-state index >= 15 is 0 Å². The second-order valence-electron chi connectivity index (χ2n) is 4.24. The third-order valence-corrected chi connectivity index (χ3v) is 2.85. The number of aromatic nitrogens is 3. The van der Waals surface area contributed by atoms with Crippen molar-refractivity contribution in [3.05, 3.63) is 40.9 Å². The van der Waals surface area contributed by atoms with E-state index in [0.717, 1.165) is 12.4 Å². The molecule has 2 N–H and O–H groups in total. The van der Waals surface area contributed by atoms with Crippen molar-refractivity contribution >= 4 is 24.0 Å². The van der Waals surface area contributed by atoms with Crippen LogP contribution in [0, 0.1) is 0 Å². The second-order valence-corrected chi connectivity index (χ2v) is 4.67. The van der Waals surface area contributed by atoms with E-state index in [1.807, 2.05) is 26.0 Å². The maximum Gasteiger partial charge on any atom is 0.188 e. The fraction of sp³-hybridized carbons (Fsp3) is 0.385. The molecule has 0 amide bonds. The van der Waals surface area contributed by atoms with E-state index in [9.17, 15) is 0 Å². The van der Waals surface area contributed by atoms with Gasteiger partial charge in [0.2, 0.25) is 0 Å². The first kappa shape index (κ1) is 16.8. The van der Waals surface area contributed by atoms with Crippen LogP contribution in [0.1, 0.15) is 31.5 Å². The molecule has 2 aromatic rings. The van der Waals surface area contributed by atoms with Crippen molar-refractivity contribution in [2.75, 3.05) is 0 Å². The highest BCUT2D eigenvalue weighted by Gasteiger charge is 2.12. The van der Waals surface area contributed by atoms with Crippen LogP contribution in [-0.2, 0) is 13.2 Å². The van der Waals surface area contributed by atoms with Crippen LogP contribution in [0.2, 0.25) is 5.02 Å². The molecule has 0 aliphatic heterocycles. The summed E-state index contributed by atoms with van der Waals surface area (Å²) in [6, 6.07) is 7.09. The average molecular weight is 317 g/mol. The molecule has 5 nitrogen and oxygen atoms in total. The summed E-state index contributed by atoms with van der Waals surface area (Å²) in [6.07, 6.45) is 0. The van der Waals surface area contributed by atoms with Crippen LogP contribution >= 0.6 is 24.0 Å². The summed E-state index contributed by atoms with van der Waals surface area (Å²) in [5.41, 5.74) is 5.85. The van der Waals surface area contributed by atoms with E-state index in [0.29, 0.717) is 23.2 Å². The van der Waals surface area contributed by atoms with E-state index < -0.39 is 0 Å². The van der Waals surface area contributed by atoms with Crippen molar-refractivity contribution in [2.45, 2.75) is 33.0 Å². The Morgan fingerprint density at radius 3 is 2.75 bits per heavy atom. The second kappa shape index (κ2) is 7.47. The standard InChI is InChI=1S/C13H17ClN4O.ClH/c1-3-18-13(9(2)15)16-12(17-18)8-19-11-6-4-5-10(14)7-11;/h4-7,9H,3,8,15H2,1-2H3;1H/t9-;/m1./s1. The number of nitrogens with two attached hydrogens (primary N) is 1. The molecule has 7 heteroatoms. The molecule has 1 aromatic carbocycles. The molecule has 1 heterocycles. The largest absolute Gasteiger partial charge is 0.485 e. The maximum atomic E-state index is 5.89. The van der Waals surface area contributed by atoms with Crippen molar-refractivity contribution in [1.82, 2.24) is 14.8 Å². The highest BCUT2D eigenvalue weighted by atomic mass is 35.5. The smallest absolute Gasteiger partial charge is 0.188 e. The minimum absolute atomic E-state index is 0. The fourth-order valence-corrected chi connectivity index (χ4v) is 1.92. The van der Waals surface area contributed by atoms with Crippen molar-refractivity contribution in [3.8, 4) is 5.75 Å². The van der Waals surface area contributed by atoms with E-state index in [1.54, 1.807) is 16.8 Å². The number of nitrogens with zero attached hydrogens (tertiary/aromatic N) is 3. The molecule has 0 spiro atoms. The Kier molecular flexibility index (Phi) is 6.26. The van der Waals surface area contributed by atoms with Gasteiger partial charge in [-0.15, -0.1) is 12.4 Å². The molecule has 0 aliphatic rings. The van der Waals surface area contributed by atoms with Crippen LogP contribution in [0.4, 0.5) is 0 Å². The number of ether oxygens (including phenoxy) is 1. The summed E-state index contributed by atoms with van der Waals surface area (Å²) < 4.78 is 7.39. The van der Waals surface area contributed by atoms with Crippen molar-refractivity contribution in [2.24, 2.45) is 5.73 Å². The normalized spacial score (nSPS) is 11.8. The van der Waals surface area contributed by atoms with Crippen LogP contribution in [0.5, 0.6) is 5.75 Å². The minimum atomic E-state index is -0.146. The summed E-state index contributed by atoms with van der Waals surface area (Å²) in [5, 5.41) is 4.99. The lowest BCUT2D eigenvalue weighted by Crippen LogP contribution is -2.13. The lowest BCUT2D eigenvalue weighted by molar-refractivity contribution is 0.295. The molecule has 1 aromatic heterocycles. The first-order valence-electron chi connectivity index (χ1n) is 6.17. The molecule has 0 unspecified atom stereocenters. The van der Waals surface area contributed by atoms with Crippen molar-refractivity contribution in [1.29, 1.82) is 0 Å². The van der Waals surface area contributed by atoms with Gasteiger partial charge >= 0.3 is 0 Å². The van der Waals surface area contributed by atoms with Crippen LogP contribution in [0.15, 0.2) is 24.3 Å². The lowest BCUT2D eigenvalue weighted by Gasteiger charge is -2.04. The van der Waals surface area contributed by atoms with Crippen LogP contribution in [0.3, 0.4) is 0 Å². The number of halogens is 2. The zero-order valence-electron chi connectivity index (χ0n) is 11.4. The average Bonchev–Trinajstić information content (AvgIpc) is 2.80. The third-order valence-electron chi connectivity index (χ3n) is 2.62. The first-order chi connectivity index (χ1) is 9.10. The molecule has 2 rings (SSSR count). The predicted molar refractivity (Wildman–Crippen MR) is 81.3 cm³/mol. The third kappa shape index (κ3) is 4.10. The van der Waals surface area contributed by atoms with E-state index in [-0.39, 0.29) is 18.4 Å². The van der Waals surface area contributed by atoms with Crippen molar-refractivity contribution in [3.63, 3.8) is 0 Å². The number of rotatable bonds is 5. The molecular formula is C13H18Cl2N4O. The molecule has 0 bridgehead atoms. The van der Waals surface area contributed by atoms with Gasteiger partial charge in [0.15, 0.2) is 5.82 Å². The van der Waals surface area contributed by atoms with Gasteiger partial charge < -0.3 is 10.5 Å². The number of hydrogen-bond acceptors (Lipinski definition) is 4. The van der Waals surface area contributed by atoms with E-state index in [1.165, 1.54) is 0 Å². The summed E-state index contributed by atoms with van der Waals surface area (Å²) in [7, 11) is 0. The monoisotopic (exact) mass is 316 g/mol. The predicted octanol–water partition coefficient (Wildman–Crippen LogP) is 2.97. The summed E-state index contributed by atoms with van der Waals surface area (Å²) >= 11 is 5.89. The molecule has 0 fully saturated rings. The van der Waals surface area contributed by atoms with Crippen LogP contribution in [0.25, 0.3) is 0 Å². The quantitative estimate of drug-likeness (QED) is 0.921. The van der Waals surface area contributed by atoms with Crippen LogP contribution < -0.4 is 10.5 Å². The molecule has 1 atom stereocenters. The van der Waals surface area contributed by atoms with Gasteiger partial charge in [0, 0.05) is 11.6 Å². The van der Waals surface area contributed by atoms with Crippen LogP contribution in [-0.4, -0.2) is 14.8 Å². The van der Waals surface area contributed by atoms with Gasteiger partial charge in [-0.25, -0.2) is 9.67 Å². The first-order valence-corrected chi connectivity index (χ1v) is 6.55. The molecule has 0 radical (unpaired) electrons. The van der Waals surface area contributed by atoms with Crippen molar-refractivity contribution < 1.29 is 4.74 Å².